The van der Waals surface area contributed by atoms with Gasteiger partial charge in [-0.2, -0.15) is 0 Å². The van der Waals surface area contributed by atoms with Gasteiger partial charge in [-0.15, -0.1) is 0 Å². The van der Waals surface area contributed by atoms with E-state index in [9.17, 15) is 9.59 Å². The number of piperidine rings is 1. The Morgan fingerprint density at radius 2 is 1.84 bits per heavy atom. The summed E-state index contributed by atoms with van der Waals surface area (Å²) in [5.74, 6) is 0.177. The minimum absolute atomic E-state index is 0.0564. The van der Waals surface area contributed by atoms with Crippen LogP contribution in [0.3, 0.4) is 0 Å². The quantitative estimate of drug-likeness (QED) is 0.703. The fourth-order valence-corrected chi connectivity index (χ4v) is 4.86. The van der Waals surface area contributed by atoms with E-state index in [1.54, 1.807) is 12.4 Å². The van der Waals surface area contributed by atoms with Gasteiger partial charge in [-0.25, -0.2) is 0 Å². The number of amides is 2. The lowest BCUT2D eigenvalue weighted by molar-refractivity contribution is -0.144. The van der Waals surface area contributed by atoms with Gasteiger partial charge in [0.2, 0.25) is 11.8 Å². The van der Waals surface area contributed by atoms with Gasteiger partial charge < -0.3 is 15.0 Å². The molecule has 2 saturated heterocycles. The highest BCUT2D eigenvalue weighted by molar-refractivity contribution is 9.10. The lowest BCUT2D eigenvalue weighted by Gasteiger charge is -2.42. The summed E-state index contributed by atoms with van der Waals surface area (Å²) in [5.41, 5.74) is 1.51. The predicted molar refractivity (Wildman–Crippen MR) is 121 cm³/mol. The molecule has 3 heterocycles. The summed E-state index contributed by atoms with van der Waals surface area (Å²) in [7, 11) is 0. The molecule has 4 rings (SSSR count). The van der Waals surface area contributed by atoms with E-state index in [0.29, 0.717) is 58.5 Å². The van der Waals surface area contributed by atoms with Gasteiger partial charge in [-0.3, -0.25) is 14.6 Å². The van der Waals surface area contributed by atoms with Crippen molar-refractivity contribution in [3.05, 3.63) is 64.4 Å². The van der Waals surface area contributed by atoms with Gasteiger partial charge in [0.05, 0.1) is 5.41 Å². The summed E-state index contributed by atoms with van der Waals surface area (Å²) in [6.45, 7) is 2.90. The Morgan fingerprint density at radius 3 is 2.48 bits per heavy atom. The number of nitrogens with one attached hydrogen (secondary N) is 1. The third-order valence-corrected chi connectivity index (χ3v) is 7.02. The second-order valence-electron chi connectivity index (χ2n) is 8.35. The Labute approximate surface area is 191 Å². The predicted octanol–water partition coefficient (Wildman–Crippen LogP) is 3.45. The largest absolute Gasteiger partial charge is 0.381 e. The molecule has 2 aliphatic heterocycles. The number of nitrogens with zero attached hydrogens (tertiary/aromatic N) is 2. The summed E-state index contributed by atoms with van der Waals surface area (Å²) in [6, 6.07) is 11.9. The van der Waals surface area contributed by atoms with Crippen molar-refractivity contribution < 1.29 is 14.3 Å². The van der Waals surface area contributed by atoms with E-state index in [1.807, 2.05) is 41.3 Å². The van der Waals surface area contributed by atoms with Gasteiger partial charge in [-0.05, 0) is 55.0 Å². The number of hydrogen-bond acceptors (Lipinski definition) is 4. The molecule has 6 nitrogen and oxygen atoms in total. The van der Waals surface area contributed by atoms with E-state index in [-0.39, 0.29) is 17.7 Å². The maximum atomic E-state index is 13.7. The van der Waals surface area contributed by atoms with Crippen LogP contribution in [0.2, 0.25) is 0 Å². The van der Waals surface area contributed by atoms with Gasteiger partial charge >= 0.3 is 0 Å². The van der Waals surface area contributed by atoms with Crippen LogP contribution in [-0.4, -0.2) is 48.0 Å². The van der Waals surface area contributed by atoms with Crippen LogP contribution in [-0.2, 0) is 26.3 Å². The van der Waals surface area contributed by atoms with E-state index in [0.717, 1.165) is 15.6 Å². The Kier molecular flexibility index (Phi) is 7.02. The van der Waals surface area contributed by atoms with Gasteiger partial charge in [0.15, 0.2) is 0 Å². The number of pyridine rings is 1. The number of carbonyl (C=O) groups excluding carboxylic acids is 2. The second-order valence-corrected chi connectivity index (χ2v) is 9.26. The standard InChI is InChI=1S/C24H28BrN3O3/c25-21-5-3-20(4-6-21)24(9-14-31-15-10-24)23(30)28-12-7-19(8-13-28)22(29)27-17-18-2-1-11-26-16-18/h1-6,11,16,19H,7-10,12-15,17H2,(H,27,29). The highest BCUT2D eigenvalue weighted by Crippen LogP contribution is 2.38. The molecule has 0 spiro atoms. The van der Waals surface area contributed by atoms with E-state index in [4.69, 9.17) is 4.74 Å². The van der Waals surface area contributed by atoms with Crippen molar-refractivity contribution in [2.24, 2.45) is 5.92 Å². The van der Waals surface area contributed by atoms with Crippen LogP contribution < -0.4 is 5.32 Å². The average molecular weight is 486 g/mol. The topological polar surface area (TPSA) is 71.5 Å². The van der Waals surface area contributed by atoms with E-state index in [2.05, 4.69) is 26.2 Å². The normalized spacial score (nSPS) is 19.1. The molecule has 0 radical (unpaired) electrons. The number of likely N-dealkylation sites (tertiary alicyclic amines) is 1. The van der Waals surface area contributed by atoms with Crippen LogP contribution >= 0.6 is 15.9 Å². The van der Waals surface area contributed by atoms with Crippen molar-refractivity contribution in [3.8, 4) is 0 Å². The van der Waals surface area contributed by atoms with Crippen molar-refractivity contribution in [2.45, 2.75) is 37.6 Å². The molecular weight excluding hydrogens is 458 g/mol. The molecule has 1 aromatic heterocycles. The van der Waals surface area contributed by atoms with Crippen LogP contribution in [0.5, 0.6) is 0 Å². The van der Waals surface area contributed by atoms with Gasteiger partial charge in [0.25, 0.3) is 0 Å². The lowest BCUT2D eigenvalue weighted by atomic mass is 9.72. The summed E-state index contributed by atoms with van der Waals surface area (Å²) < 4.78 is 6.59. The maximum absolute atomic E-state index is 13.7. The smallest absolute Gasteiger partial charge is 0.233 e. The molecule has 2 aliphatic rings. The molecule has 0 bridgehead atoms. The number of rotatable bonds is 5. The second kappa shape index (κ2) is 9.92. The zero-order valence-corrected chi connectivity index (χ0v) is 19.1. The first-order valence-corrected chi connectivity index (χ1v) is 11.7. The molecule has 2 aromatic rings. The van der Waals surface area contributed by atoms with Crippen molar-refractivity contribution in [3.63, 3.8) is 0 Å². The number of carbonyl (C=O) groups is 2. The van der Waals surface area contributed by atoms with Gasteiger partial charge in [0, 0.05) is 55.6 Å². The molecule has 31 heavy (non-hydrogen) atoms. The first-order chi connectivity index (χ1) is 15.1. The minimum atomic E-state index is -0.533. The summed E-state index contributed by atoms with van der Waals surface area (Å²) in [5, 5.41) is 3.01. The van der Waals surface area contributed by atoms with Crippen molar-refractivity contribution in [2.75, 3.05) is 26.3 Å². The Bertz CT molecular complexity index is 890. The Hall–Kier alpha value is -2.25. The summed E-state index contributed by atoms with van der Waals surface area (Å²) >= 11 is 3.49. The Morgan fingerprint density at radius 1 is 1.13 bits per heavy atom. The Balaban J connectivity index is 1.38. The molecule has 2 fully saturated rings. The third kappa shape index (κ3) is 4.99. The number of aromatic nitrogens is 1. The van der Waals surface area contributed by atoms with E-state index < -0.39 is 5.41 Å². The van der Waals surface area contributed by atoms with Crippen LogP contribution in [0.4, 0.5) is 0 Å². The maximum Gasteiger partial charge on any atom is 0.233 e. The van der Waals surface area contributed by atoms with Crippen molar-refractivity contribution in [1.29, 1.82) is 0 Å². The molecule has 0 atom stereocenters. The zero-order valence-electron chi connectivity index (χ0n) is 17.6. The van der Waals surface area contributed by atoms with Crippen LogP contribution in [0.1, 0.15) is 36.8 Å². The molecule has 2 amide bonds. The first-order valence-electron chi connectivity index (χ1n) is 10.9. The number of halogens is 1. The van der Waals surface area contributed by atoms with Crippen LogP contribution in [0.25, 0.3) is 0 Å². The minimum Gasteiger partial charge on any atom is -0.381 e. The summed E-state index contributed by atoms with van der Waals surface area (Å²) in [6.07, 6.45) is 6.25. The van der Waals surface area contributed by atoms with Crippen LogP contribution in [0, 0.1) is 5.92 Å². The summed E-state index contributed by atoms with van der Waals surface area (Å²) in [4.78, 5) is 32.3. The zero-order chi connectivity index (χ0) is 21.7. The van der Waals surface area contributed by atoms with Crippen molar-refractivity contribution in [1.82, 2.24) is 15.2 Å². The fraction of sp³-hybridized carbons (Fsp3) is 0.458. The van der Waals surface area contributed by atoms with Crippen LogP contribution in [0.15, 0.2) is 53.3 Å². The first kappa shape index (κ1) is 22.0. The van der Waals surface area contributed by atoms with Crippen molar-refractivity contribution >= 4 is 27.7 Å². The fourth-order valence-electron chi connectivity index (χ4n) is 4.60. The van der Waals surface area contributed by atoms with E-state index >= 15 is 0 Å². The highest BCUT2D eigenvalue weighted by Gasteiger charge is 2.45. The molecule has 1 aromatic carbocycles. The number of hydrogen-bond donors (Lipinski definition) is 1. The molecule has 164 valence electrons. The molecule has 7 heteroatoms. The molecule has 0 unspecified atom stereocenters. The monoisotopic (exact) mass is 485 g/mol. The number of benzene rings is 1. The molecular formula is C24H28BrN3O3. The van der Waals surface area contributed by atoms with Gasteiger partial charge in [-0.1, -0.05) is 34.1 Å². The SMILES string of the molecule is O=C(NCc1cccnc1)C1CCN(C(=O)C2(c3ccc(Br)cc3)CCOCC2)CC1. The van der Waals surface area contributed by atoms with Gasteiger partial charge in [0.1, 0.15) is 0 Å². The third-order valence-electron chi connectivity index (χ3n) is 6.50. The average Bonchev–Trinajstić information content (AvgIpc) is 2.83. The molecule has 0 saturated carbocycles. The number of ether oxygens (including phenoxy) is 1. The molecule has 1 N–H and O–H groups in total. The lowest BCUT2D eigenvalue weighted by Crippen LogP contribution is -2.52. The highest BCUT2D eigenvalue weighted by atomic mass is 79.9. The van der Waals surface area contributed by atoms with E-state index in [1.165, 1.54) is 0 Å². The molecule has 0 aliphatic carbocycles.